The highest BCUT2D eigenvalue weighted by Crippen LogP contribution is 2.16. The van der Waals surface area contributed by atoms with Gasteiger partial charge in [-0.25, -0.2) is 9.78 Å². The number of carbonyl (C=O) groups excluding carboxylic acids is 1. The van der Waals surface area contributed by atoms with E-state index < -0.39 is 0 Å². The average Bonchev–Trinajstić information content (AvgIpc) is 2.94. The number of thioether (sulfide) groups is 1. The van der Waals surface area contributed by atoms with Gasteiger partial charge in [0.05, 0.1) is 29.7 Å². The molecule has 20 heavy (non-hydrogen) atoms. The molecule has 6 heteroatoms. The molecule has 1 N–H and O–H groups in total. The maximum atomic E-state index is 12.0. The zero-order valence-electron chi connectivity index (χ0n) is 11.5. The highest BCUT2D eigenvalue weighted by atomic mass is 32.2. The summed E-state index contributed by atoms with van der Waals surface area (Å²) < 4.78 is 5.21. The molecule has 0 radical (unpaired) electrons. The molecule has 0 aliphatic heterocycles. The molecule has 0 unspecified atom stereocenters. The van der Waals surface area contributed by atoms with Crippen molar-refractivity contribution in [2.45, 2.75) is 18.5 Å². The van der Waals surface area contributed by atoms with Crippen LogP contribution in [0.4, 0.5) is 10.5 Å². The zero-order chi connectivity index (χ0) is 14.4. The molecule has 2 heterocycles. The molecule has 0 aliphatic rings. The quantitative estimate of drug-likeness (QED) is 0.857. The minimum absolute atomic E-state index is 0.195. The molecule has 0 saturated heterocycles. The Hall–Kier alpha value is -1.95. The largest absolute Gasteiger partial charge is 0.467 e. The first kappa shape index (κ1) is 14.5. The normalized spacial score (nSPS) is 10.3. The number of anilines is 1. The number of carbonyl (C=O) groups is 1. The summed E-state index contributed by atoms with van der Waals surface area (Å²) in [6.07, 6.45) is 3.26. The minimum Gasteiger partial charge on any atom is -0.467 e. The van der Waals surface area contributed by atoms with Crippen LogP contribution >= 0.6 is 11.8 Å². The first-order valence-corrected chi connectivity index (χ1v) is 7.31. The van der Waals surface area contributed by atoms with E-state index in [4.69, 9.17) is 4.42 Å². The number of hydrogen-bond acceptors (Lipinski definition) is 4. The van der Waals surface area contributed by atoms with Gasteiger partial charge in [0.1, 0.15) is 5.76 Å². The molecule has 2 rings (SSSR count). The lowest BCUT2D eigenvalue weighted by Gasteiger charge is -2.16. The van der Waals surface area contributed by atoms with Gasteiger partial charge in [-0.05, 0) is 30.0 Å². The van der Waals surface area contributed by atoms with E-state index in [9.17, 15) is 4.79 Å². The molecular formula is C14H17N3O2S. The third-order valence-corrected chi connectivity index (χ3v) is 3.43. The number of hydrogen-bond donors (Lipinski definition) is 1. The Morgan fingerprint density at radius 3 is 2.90 bits per heavy atom. The van der Waals surface area contributed by atoms with Crippen molar-refractivity contribution in [3.8, 4) is 0 Å². The summed E-state index contributed by atoms with van der Waals surface area (Å²) in [6, 6.07) is 7.19. The van der Waals surface area contributed by atoms with Crippen LogP contribution < -0.4 is 5.32 Å². The molecule has 0 aliphatic carbocycles. The van der Waals surface area contributed by atoms with Crippen LogP contribution in [0.1, 0.15) is 12.7 Å². The van der Waals surface area contributed by atoms with Crippen molar-refractivity contribution in [3.05, 3.63) is 42.5 Å². The number of urea groups is 1. The second kappa shape index (κ2) is 7.00. The second-order valence-electron chi connectivity index (χ2n) is 4.18. The van der Waals surface area contributed by atoms with Gasteiger partial charge in [-0.2, -0.15) is 0 Å². The van der Waals surface area contributed by atoms with Crippen molar-refractivity contribution in [2.24, 2.45) is 0 Å². The van der Waals surface area contributed by atoms with E-state index >= 15 is 0 Å². The summed E-state index contributed by atoms with van der Waals surface area (Å²) in [4.78, 5) is 17.8. The number of amides is 2. The lowest BCUT2D eigenvalue weighted by molar-refractivity contribution is 0.217. The van der Waals surface area contributed by atoms with Crippen LogP contribution in [0.15, 0.2) is 46.2 Å². The first-order chi connectivity index (χ1) is 9.69. The lowest BCUT2D eigenvalue weighted by Crippen LogP contribution is -2.30. The summed E-state index contributed by atoms with van der Waals surface area (Å²) in [5, 5.41) is 3.75. The lowest BCUT2D eigenvalue weighted by atomic mass is 10.4. The molecular weight excluding hydrogens is 274 g/mol. The average molecular weight is 291 g/mol. The summed E-state index contributed by atoms with van der Waals surface area (Å²) in [5.74, 6) is 1.72. The fourth-order valence-electron chi connectivity index (χ4n) is 1.61. The van der Waals surface area contributed by atoms with Gasteiger partial charge in [-0.1, -0.05) is 6.92 Å². The molecule has 0 atom stereocenters. The van der Waals surface area contributed by atoms with Crippen molar-refractivity contribution < 1.29 is 9.21 Å². The van der Waals surface area contributed by atoms with Crippen molar-refractivity contribution in [1.82, 2.24) is 9.88 Å². The Labute approximate surface area is 122 Å². The van der Waals surface area contributed by atoms with Crippen molar-refractivity contribution >= 4 is 23.5 Å². The number of nitrogens with zero attached hydrogens (tertiary/aromatic N) is 2. The van der Waals surface area contributed by atoms with Crippen LogP contribution in [-0.4, -0.2) is 28.7 Å². The Morgan fingerprint density at radius 1 is 1.45 bits per heavy atom. The molecule has 0 aromatic carbocycles. The van der Waals surface area contributed by atoms with Crippen LogP contribution in [0, 0.1) is 0 Å². The van der Waals surface area contributed by atoms with Gasteiger partial charge in [0.15, 0.2) is 0 Å². The molecule has 2 aromatic heterocycles. The number of furan rings is 1. The van der Waals surface area contributed by atoms with Crippen LogP contribution in [0.25, 0.3) is 0 Å². The summed E-state index contributed by atoms with van der Waals surface area (Å²) in [7, 11) is 1.71. The Morgan fingerprint density at radius 2 is 2.30 bits per heavy atom. The van der Waals surface area contributed by atoms with Crippen molar-refractivity contribution in [3.63, 3.8) is 0 Å². The number of pyridine rings is 1. The zero-order valence-corrected chi connectivity index (χ0v) is 12.3. The van der Waals surface area contributed by atoms with Gasteiger partial charge in [-0.3, -0.25) is 0 Å². The van der Waals surface area contributed by atoms with E-state index in [2.05, 4.69) is 17.2 Å². The highest BCUT2D eigenvalue weighted by molar-refractivity contribution is 7.99. The maximum Gasteiger partial charge on any atom is 0.322 e. The second-order valence-corrected chi connectivity index (χ2v) is 5.47. The van der Waals surface area contributed by atoms with Gasteiger partial charge in [0, 0.05) is 7.05 Å². The molecule has 0 fully saturated rings. The number of aromatic nitrogens is 1. The monoisotopic (exact) mass is 291 g/mol. The third kappa shape index (κ3) is 4.03. The predicted octanol–water partition coefficient (Wildman–Crippen LogP) is 3.45. The predicted molar refractivity (Wildman–Crippen MR) is 79.8 cm³/mol. The topological polar surface area (TPSA) is 58.4 Å². The van der Waals surface area contributed by atoms with E-state index in [1.54, 1.807) is 42.2 Å². The highest BCUT2D eigenvalue weighted by Gasteiger charge is 2.10. The van der Waals surface area contributed by atoms with Crippen LogP contribution in [-0.2, 0) is 6.54 Å². The summed E-state index contributed by atoms with van der Waals surface area (Å²) >= 11 is 1.67. The first-order valence-electron chi connectivity index (χ1n) is 6.32. The smallest absolute Gasteiger partial charge is 0.322 e. The standard InChI is InChI=1S/C14H17N3O2S/c1-3-20-13-7-6-11(9-15-13)16-14(18)17(2)10-12-5-4-8-19-12/h4-9H,3,10H2,1-2H3,(H,16,18). The summed E-state index contributed by atoms with van der Waals surface area (Å²) in [6.45, 7) is 2.50. The van der Waals surface area contributed by atoms with Gasteiger partial charge < -0.3 is 14.6 Å². The minimum atomic E-state index is -0.195. The number of rotatable bonds is 5. The number of nitrogens with one attached hydrogen (secondary N) is 1. The maximum absolute atomic E-state index is 12.0. The van der Waals surface area contributed by atoms with Crippen molar-refractivity contribution in [2.75, 3.05) is 18.1 Å². The SMILES string of the molecule is CCSc1ccc(NC(=O)N(C)Cc2ccco2)cn1. The van der Waals surface area contributed by atoms with Crippen LogP contribution in [0.5, 0.6) is 0 Å². The van der Waals surface area contributed by atoms with E-state index in [0.717, 1.165) is 16.5 Å². The third-order valence-electron chi connectivity index (χ3n) is 2.60. The molecule has 5 nitrogen and oxygen atoms in total. The molecule has 0 saturated carbocycles. The van der Waals surface area contributed by atoms with Crippen LogP contribution in [0.3, 0.4) is 0 Å². The van der Waals surface area contributed by atoms with Gasteiger partial charge >= 0.3 is 6.03 Å². The van der Waals surface area contributed by atoms with Crippen molar-refractivity contribution in [1.29, 1.82) is 0 Å². The Bertz CT molecular complexity index is 540. The molecule has 0 bridgehead atoms. The molecule has 2 amide bonds. The summed E-state index contributed by atoms with van der Waals surface area (Å²) in [5.41, 5.74) is 0.682. The Kier molecular flexibility index (Phi) is 5.06. The molecule has 0 spiro atoms. The van der Waals surface area contributed by atoms with Crippen LogP contribution in [0.2, 0.25) is 0 Å². The fourth-order valence-corrected chi connectivity index (χ4v) is 2.20. The fraction of sp³-hybridized carbons (Fsp3) is 0.286. The van der Waals surface area contributed by atoms with E-state index in [1.807, 2.05) is 18.2 Å². The van der Waals surface area contributed by atoms with Gasteiger partial charge in [0.2, 0.25) is 0 Å². The Balaban J connectivity index is 1.90. The van der Waals surface area contributed by atoms with Gasteiger partial charge in [0.25, 0.3) is 0 Å². The van der Waals surface area contributed by atoms with E-state index in [-0.39, 0.29) is 6.03 Å². The van der Waals surface area contributed by atoms with E-state index in [0.29, 0.717) is 12.2 Å². The van der Waals surface area contributed by atoms with E-state index in [1.165, 1.54) is 0 Å². The molecule has 2 aromatic rings. The van der Waals surface area contributed by atoms with Gasteiger partial charge in [-0.15, -0.1) is 11.8 Å². The molecule has 106 valence electrons.